The summed E-state index contributed by atoms with van der Waals surface area (Å²) in [6, 6.07) is 19.0. The van der Waals surface area contributed by atoms with Gasteiger partial charge in [-0.15, -0.1) is 12.4 Å². The normalized spacial score (nSPS) is 16.5. The van der Waals surface area contributed by atoms with Crippen LogP contribution >= 0.6 is 12.4 Å². The third-order valence-corrected chi connectivity index (χ3v) is 5.52. The molecule has 5 nitrogen and oxygen atoms in total. The van der Waals surface area contributed by atoms with E-state index in [1.54, 1.807) is 14.2 Å². The molecule has 1 N–H and O–H groups in total. The first kappa shape index (κ1) is 22.1. The van der Waals surface area contributed by atoms with Crippen LogP contribution in [0.25, 0.3) is 11.1 Å². The summed E-state index contributed by atoms with van der Waals surface area (Å²) < 4.78 is 11.3. The summed E-state index contributed by atoms with van der Waals surface area (Å²) >= 11 is 0. The van der Waals surface area contributed by atoms with Gasteiger partial charge in [-0.05, 0) is 41.5 Å². The SMILES string of the molecule is COc1ccc(-c2ccncc2)cc1CN1CCNCC1c1ccccc1OC.Cl. The standard InChI is InChI=1S/C24H27N3O2.ClH/c1-28-23-8-7-19(18-9-11-25-12-10-18)15-20(23)17-27-14-13-26-16-22(27)21-5-3-4-6-24(21)29-2;/h3-12,15,22,26H,13-14,16-17H2,1-2H3;1H. The molecule has 6 heteroatoms. The summed E-state index contributed by atoms with van der Waals surface area (Å²) in [5.74, 6) is 1.85. The Balaban J connectivity index is 0.00000256. The molecule has 1 aliphatic rings. The number of methoxy groups -OCH3 is 2. The van der Waals surface area contributed by atoms with Crippen molar-refractivity contribution < 1.29 is 9.47 Å². The topological polar surface area (TPSA) is 46.6 Å². The molecule has 2 heterocycles. The van der Waals surface area contributed by atoms with Crippen LogP contribution in [0.3, 0.4) is 0 Å². The molecule has 0 spiro atoms. The Morgan fingerprint density at radius 2 is 1.73 bits per heavy atom. The summed E-state index contributed by atoms with van der Waals surface area (Å²) in [4.78, 5) is 6.63. The van der Waals surface area contributed by atoms with E-state index in [9.17, 15) is 0 Å². The minimum absolute atomic E-state index is 0. The van der Waals surface area contributed by atoms with Gasteiger partial charge in [0.1, 0.15) is 11.5 Å². The number of benzene rings is 2. The van der Waals surface area contributed by atoms with Gasteiger partial charge in [0.2, 0.25) is 0 Å². The van der Waals surface area contributed by atoms with Crippen LogP contribution in [0.5, 0.6) is 11.5 Å². The minimum atomic E-state index is 0. The second kappa shape index (κ2) is 10.4. The number of nitrogens with one attached hydrogen (secondary N) is 1. The van der Waals surface area contributed by atoms with E-state index in [-0.39, 0.29) is 18.4 Å². The summed E-state index contributed by atoms with van der Waals surface area (Å²) in [5.41, 5.74) is 4.73. The van der Waals surface area contributed by atoms with Gasteiger partial charge < -0.3 is 14.8 Å². The molecule has 30 heavy (non-hydrogen) atoms. The van der Waals surface area contributed by atoms with E-state index in [1.165, 1.54) is 16.7 Å². The molecular formula is C24H28ClN3O2. The molecule has 0 aliphatic carbocycles. The number of ether oxygens (including phenoxy) is 2. The van der Waals surface area contributed by atoms with Gasteiger partial charge in [0.25, 0.3) is 0 Å². The minimum Gasteiger partial charge on any atom is -0.496 e. The van der Waals surface area contributed by atoms with Crippen molar-refractivity contribution >= 4 is 12.4 Å². The van der Waals surface area contributed by atoms with Gasteiger partial charge >= 0.3 is 0 Å². The predicted octanol–water partition coefficient (Wildman–Crippen LogP) is 4.33. The van der Waals surface area contributed by atoms with E-state index in [1.807, 2.05) is 36.7 Å². The van der Waals surface area contributed by atoms with Crippen LogP contribution in [-0.4, -0.2) is 43.7 Å². The van der Waals surface area contributed by atoms with Gasteiger partial charge in [-0.2, -0.15) is 0 Å². The molecule has 1 unspecified atom stereocenters. The number of aromatic nitrogens is 1. The summed E-state index contributed by atoms with van der Waals surface area (Å²) in [5, 5.41) is 3.53. The molecule has 1 aliphatic heterocycles. The van der Waals surface area contributed by atoms with Crippen LogP contribution < -0.4 is 14.8 Å². The van der Waals surface area contributed by atoms with Gasteiger partial charge in [0, 0.05) is 49.7 Å². The first-order chi connectivity index (χ1) is 14.3. The van der Waals surface area contributed by atoms with Crippen molar-refractivity contribution in [1.82, 2.24) is 15.2 Å². The van der Waals surface area contributed by atoms with Crippen LogP contribution in [0.2, 0.25) is 0 Å². The molecule has 2 aromatic carbocycles. The second-order valence-corrected chi connectivity index (χ2v) is 7.19. The largest absolute Gasteiger partial charge is 0.496 e. The molecule has 0 radical (unpaired) electrons. The van der Waals surface area contributed by atoms with E-state index < -0.39 is 0 Å². The molecule has 158 valence electrons. The lowest BCUT2D eigenvalue weighted by atomic mass is 9.99. The Labute approximate surface area is 184 Å². The van der Waals surface area contributed by atoms with Crippen LogP contribution in [0.4, 0.5) is 0 Å². The second-order valence-electron chi connectivity index (χ2n) is 7.19. The molecule has 0 saturated carbocycles. The Morgan fingerprint density at radius 3 is 2.50 bits per heavy atom. The maximum Gasteiger partial charge on any atom is 0.123 e. The Hall–Kier alpha value is -2.60. The van der Waals surface area contributed by atoms with Crippen molar-refractivity contribution in [2.75, 3.05) is 33.9 Å². The van der Waals surface area contributed by atoms with Crippen LogP contribution in [-0.2, 0) is 6.54 Å². The molecule has 4 rings (SSSR count). The van der Waals surface area contributed by atoms with E-state index in [2.05, 4.69) is 45.5 Å². The lowest BCUT2D eigenvalue weighted by molar-refractivity contribution is 0.149. The van der Waals surface area contributed by atoms with Gasteiger partial charge in [0.05, 0.1) is 20.3 Å². The van der Waals surface area contributed by atoms with E-state index in [0.717, 1.165) is 43.2 Å². The number of para-hydroxylation sites is 1. The highest BCUT2D eigenvalue weighted by molar-refractivity contribution is 5.85. The maximum atomic E-state index is 5.68. The van der Waals surface area contributed by atoms with Crippen molar-refractivity contribution in [1.29, 1.82) is 0 Å². The first-order valence-electron chi connectivity index (χ1n) is 9.95. The molecular weight excluding hydrogens is 398 g/mol. The molecule has 0 bridgehead atoms. The monoisotopic (exact) mass is 425 g/mol. The number of pyridine rings is 1. The lowest BCUT2D eigenvalue weighted by Crippen LogP contribution is -2.45. The molecule has 1 saturated heterocycles. The Kier molecular flexibility index (Phi) is 7.69. The highest BCUT2D eigenvalue weighted by Gasteiger charge is 2.27. The van der Waals surface area contributed by atoms with Crippen LogP contribution in [0.1, 0.15) is 17.2 Å². The number of hydrogen-bond donors (Lipinski definition) is 1. The number of rotatable bonds is 6. The quantitative estimate of drug-likeness (QED) is 0.636. The number of piperazine rings is 1. The van der Waals surface area contributed by atoms with Crippen molar-refractivity contribution in [2.24, 2.45) is 0 Å². The van der Waals surface area contributed by atoms with Gasteiger partial charge in [-0.25, -0.2) is 0 Å². The fourth-order valence-corrected chi connectivity index (χ4v) is 4.03. The molecule has 0 amide bonds. The molecule has 1 aromatic heterocycles. The van der Waals surface area contributed by atoms with Crippen molar-refractivity contribution in [3.8, 4) is 22.6 Å². The summed E-state index contributed by atoms with van der Waals surface area (Å²) in [7, 11) is 3.47. The first-order valence-corrected chi connectivity index (χ1v) is 9.95. The number of hydrogen-bond acceptors (Lipinski definition) is 5. The Bertz CT molecular complexity index is 952. The molecule has 3 aromatic rings. The maximum absolute atomic E-state index is 5.68. The van der Waals surface area contributed by atoms with Gasteiger partial charge in [0.15, 0.2) is 0 Å². The fraction of sp³-hybridized carbons (Fsp3) is 0.292. The lowest BCUT2D eigenvalue weighted by Gasteiger charge is -2.37. The average molecular weight is 426 g/mol. The predicted molar refractivity (Wildman–Crippen MR) is 122 cm³/mol. The zero-order chi connectivity index (χ0) is 20.1. The number of halogens is 1. The Morgan fingerprint density at radius 1 is 0.967 bits per heavy atom. The van der Waals surface area contributed by atoms with Crippen molar-refractivity contribution in [3.63, 3.8) is 0 Å². The summed E-state index contributed by atoms with van der Waals surface area (Å²) in [6.07, 6.45) is 3.65. The van der Waals surface area contributed by atoms with E-state index >= 15 is 0 Å². The van der Waals surface area contributed by atoms with E-state index in [4.69, 9.17) is 9.47 Å². The van der Waals surface area contributed by atoms with Crippen molar-refractivity contribution in [2.45, 2.75) is 12.6 Å². The fourth-order valence-electron chi connectivity index (χ4n) is 4.03. The highest BCUT2D eigenvalue weighted by Crippen LogP contribution is 2.33. The smallest absolute Gasteiger partial charge is 0.123 e. The van der Waals surface area contributed by atoms with Crippen LogP contribution in [0, 0.1) is 0 Å². The molecule has 1 atom stereocenters. The number of nitrogens with zero attached hydrogens (tertiary/aromatic N) is 2. The van der Waals surface area contributed by atoms with Gasteiger partial charge in [-0.1, -0.05) is 24.3 Å². The third kappa shape index (κ3) is 4.75. The zero-order valence-electron chi connectivity index (χ0n) is 17.4. The third-order valence-electron chi connectivity index (χ3n) is 5.52. The zero-order valence-corrected chi connectivity index (χ0v) is 18.2. The van der Waals surface area contributed by atoms with Gasteiger partial charge in [-0.3, -0.25) is 9.88 Å². The highest BCUT2D eigenvalue weighted by atomic mass is 35.5. The molecule has 1 fully saturated rings. The van der Waals surface area contributed by atoms with E-state index in [0.29, 0.717) is 0 Å². The van der Waals surface area contributed by atoms with Crippen LogP contribution in [0.15, 0.2) is 67.0 Å². The summed E-state index contributed by atoms with van der Waals surface area (Å²) in [6.45, 7) is 3.64. The van der Waals surface area contributed by atoms with Crippen molar-refractivity contribution in [3.05, 3.63) is 78.1 Å². The average Bonchev–Trinajstić information content (AvgIpc) is 2.80.